The zero-order valence-electron chi connectivity index (χ0n) is 14.3. The van der Waals surface area contributed by atoms with Gasteiger partial charge in [-0.25, -0.2) is 0 Å². The van der Waals surface area contributed by atoms with Crippen LogP contribution in [-0.4, -0.2) is 11.6 Å². The number of allylic oxidation sites excluding steroid dienone is 2. The number of fused-ring (bicyclic) bond motifs is 1. The minimum absolute atomic E-state index is 0.147. The molecule has 0 bridgehead atoms. The molecule has 0 saturated carbocycles. The molecule has 1 aliphatic carbocycles. The maximum atomic E-state index is 13.2. The predicted molar refractivity (Wildman–Crippen MR) is 117 cm³/mol. The van der Waals surface area contributed by atoms with E-state index in [0.29, 0.717) is 31.0 Å². The van der Waals surface area contributed by atoms with E-state index >= 15 is 0 Å². The molecule has 28 heavy (non-hydrogen) atoms. The van der Waals surface area contributed by atoms with Crippen LogP contribution in [0.4, 0.5) is 0 Å². The van der Waals surface area contributed by atoms with E-state index in [4.69, 9.17) is 23.2 Å². The third-order valence-corrected chi connectivity index (χ3v) is 6.94. The van der Waals surface area contributed by atoms with Crippen molar-refractivity contribution in [2.24, 2.45) is 0 Å². The van der Waals surface area contributed by atoms with Crippen LogP contribution in [0.1, 0.15) is 20.7 Å². The number of carbonyl (C=O) groups is 2. The number of carbonyl (C=O) groups excluding carboxylic acids is 2. The van der Waals surface area contributed by atoms with E-state index in [-0.39, 0.29) is 11.6 Å². The number of halogens is 2. The van der Waals surface area contributed by atoms with Crippen molar-refractivity contribution in [2.45, 2.75) is 9.79 Å². The van der Waals surface area contributed by atoms with E-state index in [0.717, 1.165) is 9.79 Å². The van der Waals surface area contributed by atoms with E-state index < -0.39 is 0 Å². The van der Waals surface area contributed by atoms with Crippen LogP contribution in [0.3, 0.4) is 0 Å². The van der Waals surface area contributed by atoms with Gasteiger partial charge in [0.1, 0.15) is 0 Å². The minimum Gasteiger partial charge on any atom is -0.288 e. The molecule has 138 valence electrons. The Hall–Kier alpha value is -1.98. The summed E-state index contributed by atoms with van der Waals surface area (Å²) in [6.45, 7) is 0. The van der Waals surface area contributed by atoms with Crippen LogP contribution in [0.25, 0.3) is 0 Å². The first kappa shape index (κ1) is 19.3. The van der Waals surface area contributed by atoms with E-state index in [1.165, 1.54) is 23.5 Å². The summed E-state index contributed by atoms with van der Waals surface area (Å²) in [5.41, 5.74) is 0.869. The van der Waals surface area contributed by atoms with Crippen molar-refractivity contribution in [2.75, 3.05) is 0 Å². The van der Waals surface area contributed by atoms with Crippen LogP contribution in [0.2, 0.25) is 10.0 Å². The van der Waals surface area contributed by atoms with E-state index in [2.05, 4.69) is 0 Å². The van der Waals surface area contributed by atoms with E-state index in [9.17, 15) is 9.59 Å². The lowest BCUT2D eigenvalue weighted by molar-refractivity contribution is 0.0988. The summed E-state index contributed by atoms with van der Waals surface area (Å²) in [7, 11) is 0. The fourth-order valence-corrected chi connectivity index (χ4v) is 5.05. The highest BCUT2D eigenvalue weighted by Crippen LogP contribution is 2.43. The van der Waals surface area contributed by atoms with Crippen molar-refractivity contribution in [3.05, 3.63) is 104 Å². The monoisotopic (exact) mass is 442 g/mol. The lowest BCUT2D eigenvalue weighted by Crippen LogP contribution is -2.19. The summed E-state index contributed by atoms with van der Waals surface area (Å²) in [5.74, 6) is -0.293. The summed E-state index contributed by atoms with van der Waals surface area (Å²) in [4.78, 5) is 28.9. The molecule has 0 spiro atoms. The molecule has 0 radical (unpaired) electrons. The molecular formula is C22H12Cl2O2S2. The molecule has 0 aromatic heterocycles. The number of ketones is 2. The second-order valence-corrected chi connectivity index (χ2v) is 9.01. The SMILES string of the molecule is O=C1C(Sc2ccc(Cl)cc2)=C(Sc2ccc(Cl)cc2)C(=O)c2ccccc21. The largest absolute Gasteiger partial charge is 0.288 e. The minimum atomic E-state index is -0.147. The van der Waals surface area contributed by atoms with Gasteiger partial charge in [-0.05, 0) is 48.5 Å². The van der Waals surface area contributed by atoms with E-state index in [1.807, 2.05) is 24.3 Å². The van der Waals surface area contributed by atoms with Gasteiger partial charge in [0.25, 0.3) is 0 Å². The number of benzene rings is 3. The van der Waals surface area contributed by atoms with Gasteiger partial charge in [0.2, 0.25) is 11.6 Å². The molecule has 3 aromatic carbocycles. The van der Waals surface area contributed by atoms with Crippen molar-refractivity contribution in [3.63, 3.8) is 0 Å². The molecule has 3 aromatic rings. The fraction of sp³-hybridized carbons (Fsp3) is 0. The highest BCUT2D eigenvalue weighted by atomic mass is 35.5. The van der Waals surface area contributed by atoms with Gasteiger partial charge in [0.05, 0.1) is 9.81 Å². The molecule has 0 aliphatic heterocycles. The topological polar surface area (TPSA) is 34.1 Å². The Kier molecular flexibility index (Phi) is 5.65. The van der Waals surface area contributed by atoms with Gasteiger partial charge in [-0.2, -0.15) is 0 Å². The van der Waals surface area contributed by atoms with Gasteiger partial charge in [-0.1, -0.05) is 71.0 Å². The van der Waals surface area contributed by atoms with Gasteiger partial charge in [0, 0.05) is 31.0 Å². The number of hydrogen-bond donors (Lipinski definition) is 0. The summed E-state index contributed by atoms with van der Waals surface area (Å²) >= 11 is 14.5. The van der Waals surface area contributed by atoms with Crippen molar-refractivity contribution in [1.82, 2.24) is 0 Å². The average Bonchev–Trinajstić information content (AvgIpc) is 2.71. The molecule has 4 rings (SSSR count). The normalized spacial score (nSPS) is 13.6. The Bertz CT molecular complexity index is 1020. The quantitative estimate of drug-likeness (QED) is 0.428. The molecule has 0 saturated heterocycles. The molecule has 6 heteroatoms. The summed E-state index contributed by atoms with van der Waals surface area (Å²) in [6.07, 6.45) is 0. The summed E-state index contributed by atoms with van der Waals surface area (Å²) in [6, 6.07) is 21.3. The highest BCUT2D eigenvalue weighted by Gasteiger charge is 2.33. The first-order valence-corrected chi connectivity index (χ1v) is 10.7. The van der Waals surface area contributed by atoms with Gasteiger partial charge < -0.3 is 0 Å². The molecular weight excluding hydrogens is 431 g/mol. The lowest BCUT2D eigenvalue weighted by Gasteiger charge is -2.20. The van der Waals surface area contributed by atoms with Crippen molar-refractivity contribution >= 4 is 58.3 Å². The molecule has 0 unspecified atom stereocenters. The third-order valence-electron chi connectivity index (χ3n) is 4.10. The van der Waals surface area contributed by atoms with Gasteiger partial charge in [-0.15, -0.1) is 0 Å². The standard InChI is InChI=1S/C22H12Cl2O2S2/c23-13-5-9-15(10-6-13)27-21-19(25)17-3-1-2-4-18(17)20(26)22(21)28-16-11-7-14(24)8-12-16/h1-12H. The van der Waals surface area contributed by atoms with Crippen LogP contribution in [0, 0.1) is 0 Å². The first-order chi connectivity index (χ1) is 13.5. The Morgan fingerprint density at radius 2 is 0.893 bits per heavy atom. The number of Topliss-reactive ketones (excluding diaryl/α,β-unsaturated/α-hetero) is 2. The van der Waals surface area contributed by atoms with Gasteiger partial charge in [0.15, 0.2) is 0 Å². The first-order valence-electron chi connectivity index (χ1n) is 8.32. The Morgan fingerprint density at radius 3 is 1.25 bits per heavy atom. The van der Waals surface area contributed by atoms with Crippen molar-refractivity contribution in [3.8, 4) is 0 Å². The van der Waals surface area contributed by atoms with Gasteiger partial charge in [-0.3, -0.25) is 9.59 Å². The number of hydrogen-bond acceptors (Lipinski definition) is 4. The van der Waals surface area contributed by atoms with Crippen molar-refractivity contribution in [1.29, 1.82) is 0 Å². The van der Waals surface area contributed by atoms with Crippen LogP contribution < -0.4 is 0 Å². The zero-order chi connectivity index (χ0) is 19.7. The third kappa shape index (κ3) is 3.91. The molecule has 2 nitrogen and oxygen atoms in total. The number of rotatable bonds is 4. The molecule has 0 atom stereocenters. The molecule has 0 fully saturated rings. The maximum Gasteiger partial charge on any atom is 0.201 e. The highest BCUT2D eigenvalue weighted by molar-refractivity contribution is 8.08. The Labute approximate surface area is 180 Å². The predicted octanol–water partition coefficient (Wildman–Crippen LogP) is 7.17. The van der Waals surface area contributed by atoms with Crippen molar-refractivity contribution < 1.29 is 9.59 Å². The average molecular weight is 443 g/mol. The Morgan fingerprint density at radius 1 is 0.536 bits per heavy atom. The summed E-state index contributed by atoms with van der Waals surface area (Å²) in [5, 5.41) is 1.23. The van der Waals surface area contributed by atoms with Crippen LogP contribution in [0.15, 0.2) is 92.4 Å². The second-order valence-electron chi connectivity index (χ2n) is 5.97. The number of thioether (sulfide) groups is 2. The smallest absolute Gasteiger partial charge is 0.201 e. The maximum absolute atomic E-state index is 13.2. The van der Waals surface area contributed by atoms with Gasteiger partial charge >= 0.3 is 0 Å². The molecule has 1 aliphatic rings. The molecule has 0 heterocycles. The fourth-order valence-electron chi connectivity index (χ4n) is 2.76. The van der Waals surface area contributed by atoms with Crippen LogP contribution in [0.5, 0.6) is 0 Å². The Balaban J connectivity index is 1.80. The molecule has 0 N–H and O–H groups in total. The summed E-state index contributed by atoms with van der Waals surface area (Å²) < 4.78 is 0. The second kappa shape index (κ2) is 8.18. The lowest BCUT2D eigenvalue weighted by atomic mass is 9.94. The molecule has 0 amide bonds. The van der Waals surface area contributed by atoms with Crippen LogP contribution in [-0.2, 0) is 0 Å². The zero-order valence-corrected chi connectivity index (χ0v) is 17.5. The van der Waals surface area contributed by atoms with Crippen LogP contribution >= 0.6 is 46.7 Å². The van der Waals surface area contributed by atoms with E-state index in [1.54, 1.807) is 48.5 Å².